The predicted molar refractivity (Wildman–Crippen MR) is 94.2 cm³/mol. The van der Waals surface area contributed by atoms with Gasteiger partial charge in [0.1, 0.15) is 18.2 Å². The number of hydrogen-bond acceptors (Lipinski definition) is 4. The number of pyridine rings is 1. The van der Waals surface area contributed by atoms with E-state index in [0.29, 0.717) is 23.7 Å². The van der Waals surface area contributed by atoms with Gasteiger partial charge in [-0.05, 0) is 42.3 Å². The number of halogens is 1. The fraction of sp³-hybridized carbons (Fsp3) is 0.211. The van der Waals surface area contributed by atoms with Gasteiger partial charge in [-0.15, -0.1) is 0 Å². The van der Waals surface area contributed by atoms with Crippen LogP contribution in [0.2, 0.25) is 0 Å². The summed E-state index contributed by atoms with van der Waals surface area (Å²) in [5.74, 6) is -0.118. The van der Waals surface area contributed by atoms with Gasteiger partial charge in [0.15, 0.2) is 5.69 Å². The first-order valence-electron chi connectivity index (χ1n) is 8.19. The Kier molecular flexibility index (Phi) is 5.58. The number of amides is 1. The molecule has 2 aromatic heterocycles. The largest absolute Gasteiger partial charge is 0.487 e. The lowest BCUT2D eigenvalue weighted by molar-refractivity contribution is 0.0791. The van der Waals surface area contributed by atoms with Crippen LogP contribution in [0.1, 0.15) is 21.7 Å². The summed E-state index contributed by atoms with van der Waals surface area (Å²) in [5, 5.41) is 6.82. The smallest absolute Gasteiger partial charge is 0.274 e. The minimum atomic E-state index is -0.362. The molecule has 2 heterocycles. The van der Waals surface area contributed by atoms with Crippen molar-refractivity contribution in [3.8, 4) is 5.75 Å². The molecule has 3 aromatic rings. The SMILES string of the molecule is CN(CCc1ccncc1)C(=O)c1cc(COc2cccc(F)c2)[nH]n1. The van der Waals surface area contributed by atoms with Gasteiger partial charge in [-0.3, -0.25) is 14.9 Å². The van der Waals surface area contributed by atoms with E-state index in [1.165, 1.54) is 12.1 Å². The van der Waals surface area contributed by atoms with Gasteiger partial charge < -0.3 is 9.64 Å². The van der Waals surface area contributed by atoms with Crippen LogP contribution in [0.15, 0.2) is 54.9 Å². The molecule has 134 valence electrons. The van der Waals surface area contributed by atoms with Crippen molar-refractivity contribution in [1.82, 2.24) is 20.1 Å². The molecule has 0 unspecified atom stereocenters. The number of likely N-dealkylation sites (N-methyl/N-ethyl adjacent to an activating group) is 1. The summed E-state index contributed by atoms with van der Waals surface area (Å²) in [5.41, 5.74) is 2.08. The monoisotopic (exact) mass is 354 g/mol. The lowest BCUT2D eigenvalue weighted by Gasteiger charge is -2.15. The fourth-order valence-corrected chi connectivity index (χ4v) is 2.41. The molecule has 0 saturated carbocycles. The van der Waals surface area contributed by atoms with Crippen LogP contribution in [0, 0.1) is 5.82 Å². The molecular weight excluding hydrogens is 335 g/mol. The summed E-state index contributed by atoms with van der Waals surface area (Å²) in [6.07, 6.45) is 4.20. The number of nitrogens with zero attached hydrogens (tertiary/aromatic N) is 3. The lowest BCUT2D eigenvalue weighted by atomic mass is 10.2. The van der Waals surface area contributed by atoms with Crippen LogP contribution in [0.3, 0.4) is 0 Å². The van der Waals surface area contributed by atoms with Gasteiger partial charge in [0.05, 0.1) is 5.69 Å². The van der Waals surface area contributed by atoms with E-state index in [-0.39, 0.29) is 18.3 Å². The van der Waals surface area contributed by atoms with Crippen molar-refractivity contribution in [2.45, 2.75) is 13.0 Å². The first kappa shape index (κ1) is 17.6. The standard InChI is InChI=1S/C19H19FN4O2/c1-24(10-7-14-5-8-21-9-6-14)19(25)18-12-16(22-23-18)13-26-17-4-2-3-15(20)11-17/h2-6,8-9,11-12H,7,10,13H2,1H3,(H,22,23). The zero-order valence-corrected chi connectivity index (χ0v) is 14.4. The third kappa shape index (κ3) is 4.66. The number of ether oxygens (including phenoxy) is 1. The average molecular weight is 354 g/mol. The highest BCUT2D eigenvalue weighted by molar-refractivity contribution is 5.92. The fourth-order valence-electron chi connectivity index (χ4n) is 2.41. The molecule has 7 heteroatoms. The van der Waals surface area contributed by atoms with E-state index in [9.17, 15) is 9.18 Å². The maximum atomic E-state index is 13.1. The Morgan fingerprint density at radius 3 is 2.81 bits per heavy atom. The van der Waals surface area contributed by atoms with Crippen molar-refractivity contribution in [3.63, 3.8) is 0 Å². The number of hydrogen-bond donors (Lipinski definition) is 1. The maximum Gasteiger partial charge on any atom is 0.274 e. The van der Waals surface area contributed by atoms with Gasteiger partial charge in [-0.25, -0.2) is 4.39 Å². The summed E-state index contributed by atoms with van der Waals surface area (Å²) < 4.78 is 18.6. The third-order valence-corrected chi connectivity index (χ3v) is 3.87. The third-order valence-electron chi connectivity index (χ3n) is 3.87. The quantitative estimate of drug-likeness (QED) is 0.708. The normalized spacial score (nSPS) is 10.5. The van der Waals surface area contributed by atoms with Gasteiger partial charge >= 0.3 is 0 Å². The van der Waals surface area contributed by atoms with Gasteiger partial charge in [0.2, 0.25) is 0 Å². The zero-order chi connectivity index (χ0) is 18.4. The van der Waals surface area contributed by atoms with Crippen molar-refractivity contribution >= 4 is 5.91 Å². The molecule has 0 saturated heterocycles. The molecule has 0 aliphatic heterocycles. The Balaban J connectivity index is 1.53. The van der Waals surface area contributed by atoms with Crippen molar-refractivity contribution in [1.29, 1.82) is 0 Å². The molecule has 6 nitrogen and oxygen atoms in total. The highest BCUT2D eigenvalue weighted by Crippen LogP contribution is 2.14. The number of nitrogens with one attached hydrogen (secondary N) is 1. The second-order valence-corrected chi connectivity index (χ2v) is 5.86. The first-order chi connectivity index (χ1) is 12.6. The Bertz CT molecular complexity index is 867. The lowest BCUT2D eigenvalue weighted by Crippen LogP contribution is -2.29. The summed E-state index contributed by atoms with van der Waals surface area (Å²) in [6.45, 7) is 0.745. The van der Waals surface area contributed by atoms with Crippen LogP contribution < -0.4 is 4.74 Å². The average Bonchev–Trinajstić information content (AvgIpc) is 3.14. The number of aromatic nitrogens is 3. The molecule has 1 N–H and O–H groups in total. The molecule has 1 amide bonds. The molecule has 26 heavy (non-hydrogen) atoms. The van der Waals surface area contributed by atoms with Gasteiger partial charge in [-0.2, -0.15) is 5.10 Å². The van der Waals surface area contributed by atoms with Crippen LogP contribution in [0.5, 0.6) is 5.75 Å². The molecular formula is C19H19FN4O2. The van der Waals surface area contributed by atoms with E-state index in [2.05, 4.69) is 15.2 Å². The molecule has 0 spiro atoms. The highest BCUT2D eigenvalue weighted by Gasteiger charge is 2.15. The molecule has 1 aromatic carbocycles. The Morgan fingerprint density at radius 2 is 2.04 bits per heavy atom. The van der Waals surface area contributed by atoms with Crippen molar-refractivity contribution in [2.24, 2.45) is 0 Å². The number of carbonyl (C=O) groups is 1. The molecule has 0 atom stereocenters. The van der Waals surface area contributed by atoms with Crippen LogP contribution in [-0.2, 0) is 13.0 Å². The van der Waals surface area contributed by atoms with Crippen LogP contribution in [0.25, 0.3) is 0 Å². The summed E-state index contributed by atoms with van der Waals surface area (Å²) >= 11 is 0. The zero-order valence-electron chi connectivity index (χ0n) is 14.4. The van der Waals surface area contributed by atoms with E-state index in [0.717, 1.165) is 12.0 Å². The highest BCUT2D eigenvalue weighted by atomic mass is 19.1. The molecule has 0 bridgehead atoms. The van der Waals surface area contributed by atoms with Gasteiger partial charge in [0.25, 0.3) is 5.91 Å². The van der Waals surface area contributed by atoms with Crippen LogP contribution in [0.4, 0.5) is 4.39 Å². The maximum absolute atomic E-state index is 13.1. The molecule has 0 aliphatic carbocycles. The second kappa shape index (κ2) is 8.24. The molecule has 0 radical (unpaired) electrons. The van der Waals surface area contributed by atoms with Crippen molar-refractivity contribution in [2.75, 3.05) is 13.6 Å². The Morgan fingerprint density at radius 1 is 1.23 bits per heavy atom. The minimum absolute atomic E-state index is 0.171. The van der Waals surface area contributed by atoms with Crippen LogP contribution in [-0.4, -0.2) is 39.6 Å². The number of benzene rings is 1. The summed E-state index contributed by atoms with van der Waals surface area (Å²) in [4.78, 5) is 18.0. The van der Waals surface area contributed by atoms with Gasteiger partial charge in [-0.1, -0.05) is 6.07 Å². The van der Waals surface area contributed by atoms with E-state index < -0.39 is 0 Å². The van der Waals surface area contributed by atoms with E-state index in [4.69, 9.17) is 4.74 Å². The topological polar surface area (TPSA) is 71.1 Å². The van der Waals surface area contributed by atoms with Crippen LogP contribution >= 0.6 is 0 Å². The number of H-pyrrole nitrogens is 1. The molecule has 0 fully saturated rings. The predicted octanol–water partition coefficient (Wildman–Crippen LogP) is 2.84. The number of rotatable bonds is 7. The van der Waals surface area contributed by atoms with E-state index >= 15 is 0 Å². The summed E-state index contributed by atoms with van der Waals surface area (Å²) in [7, 11) is 1.74. The van der Waals surface area contributed by atoms with Gasteiger partial charge in [0, 0.05) is 32.1 Å². The molecule has 3 rings (SSSR count). The van der Waals surface area contributed by atoms with E-state index in [1.807, 2.05) is 12.1 Å². The van der Waals surface area contributed by atoms with E-state index in [1.54, 1.807) is 42.5 Å². The first-order valence-corrected chi connectivity index (χ1v) is 8.19. The number of carbonyl (C=O) groups excluding carboxylic acids is 1. The Hall–Kier alpha value is -3.22. The minimum Gasteiger partial charge on any atom is -0.487 e. The molecule has 0 aliphatic rings. The Labute approximate surface area is 150 Å². The van der Waals surface area contributed by atoms with Crippen molar-refractivity contribution < 1.29 is 13.9 Å². The van der Waals surface area contributed by atoms with Crippen molar-refractivity contribution in [3.05, 3.63) is 77.6 Å². The summed E-state index contributed by atoms with van der Waals surface area (Å²) in [6, 6.07) is 11.4. The second-order valence-electron chi connectivity index (χ2n) is 5.86. The number of aromatic amines is 1.